The molecular weight excluding hydrogens is 236 g/mol. The largest absolute Gasteiger partial charge is 0.492 e. The smallest absolute Gasteiger partial charge is 0.119 e. The van der Waals surface area contributed by atoms with Crippen molar-refractivity contribution in [2.24, 2.45) is 0 Å². The monoisotopic (exact) mass is 256 g/mol. The van der Waals surface area contributed by atoms with Crippen molar-refractivity contribution in [2.45, 2.75) is 19.9 Å². The van der Waals surface area contributed by atoms with Gasteiger partial charge in [0.25, 0.3) is 0 Å². The van der Waals surface area contributed by atoms with Gasteiger partial charge in [0.05, 0.1) is 5.69 Å². The third-order valence-corrected chi connectivity index (χ3v) is 2.95. The molecule has 100 valence electrons. The Morgan fingerprint density at radius 1 is 1.11 bits per heavy atom. The molecule has 3 heteroatoms. The predicted molar refractivity (Wildman–Crippen MR) is 77.3 cm³/mol. The summed E-state index contributed by atoms with van der Waals surface area (Å²) in [6, 6.07) is 14.0. The first kappa shape index (κ1) is 13.6. The van der Waals surface area contributed by atoms with Crippen LogP contribution >= 0.6 is 0 Å². The number of nitrogens with zero attached hydrogens (tertiary/aromatic N) is 1. The molecule has 0 atom stereocenters. The van der Waals surface area contributed by atoms with Gasteiger partial charge in [0, 0.05) is 19.3 Å². The number of aryl methyl sites for hydroxylation is 1. The number of nitrogens with one attached hydrogen (secondary N) is 1. The zero-order valence-corrected chi connectivity index (χ0v) is 11.3. The van der Waals surface area contributed by atoms with E-state index in [2.05, 4.69) is 23.3 Å². The van der Waals surface area contributed by atoms with Gasteiger partial charge in [0.2, 0.25) is 0 Å². The summed E-state index contributed by atoms with van der Waals surface area (Å²) >= 11 is 0. The molecule has 2 rings (SSSR count). The first-order valence-corrected chi connectivity index (χ1v) is 6.71. The highest BCUT2D eigenvalue weighted by molar-refractivity contribution is 5.21. The second kappa shape index (κ2) is 7.54. The van der Waals surface area contributed by atoms with Gasteiger partial charge in [-0.3, -0.25) is 4.98 Å². The average Bonchev–Trinajstić information content (AvgIpc) is 2.48. The molecule has 0 saturated carbocycles. The van der Waals surface area contributed by atoms with E-state index in [-0.39, 0.29) is 0 Å². The van der Waals surface area contributed by atoms with E-state index in [4.69, 9.17) is 4.74 Å². The Hall–Kier alpha value is -1.87. The Kier molecular flexibility index (Phi) is 5.38. The van der Waals surface area contributed by atoms with Gasteiger partial charge >= 0.3 is 0 Å². The average molecular weight is 256 g/mol. The van der Waals surface area contributed by atoms with Crippen LogP contribution in [0.4, 0.5) is 0 Å². The van der Waals surface area contributed by atoms with E-state index in [9.17, 15) is 0 Å². The summed E-state index contributed by atoms with van der Waals surface area (Å²) in [5, 5.41) is 3.36. The van der Waals surface area contributed by atoms with Crippen molar-refractivity contribution < 1.29 is 4.74 Å². The van der Waals surface area contributed by atoms with E-state index in [1.165, 1.54) is 5.56 Å². The number of hydrogen-bond acceptors (Lipinski definition) is 3. The van der Waals surface area contributed by atoms with Crippen molar-refractivity contribution in [2.75, 3.05) is 13.2 Å². The highest BCUT2D eigenvalue weighted by atomic mass is 16.5. The van der Waals surface area contributed by atoms with Crippen LogP contribution in [-0.4, -0.2) is 18.1 Å². The molecule has 2 aromatic rings. The van der Waals surface area contributed by atoms with E-state index >= 15 is 0 Å². The number of aromatic nitrogens is 1. The first-order valence-electron chi connectivity index (χ1n) is 6.71. The molecule has 0 unspecified atom stereocenters. The van der Waals surface area contributed by atoms with E-state index in [1.54, 1.807) is 0 Å². The molecule has 0 bridgehead atoms. The van der Waals surface area contributed by atoms with Gasteiger partial charge in [-0.25, -0.2) is 0 Å². The van der Waals surface area contributed by atoms with Gasteiger partial charge in [-0.2, -0.15) is 0 Å². The third kappa shape index (κ3) is 4.38. The molecule has 0 radical (unpaired) electrons. The SMILES string of the molecule is CCc1cccnc1CNCCOc1ccccc1. The highest BCUT2D eigenvalue weighted by Gasteiger charge is 2.00. The lowest BCUT2D eigenvalue weighted by atomic mass is 10.1. The van der Waals surface area contributed by atoms with Crippen LogP contribution in [0.3, 0.4) is 0 Å². The van der Waals surface area contributed by atoms with E-state index in [0.29, 0.717) is 6.61 Å². The lowest BCUT2D eigenvalue weighted by molar-refractivity contribution is 0.313. The Bertz CT molecular complexity index is 485. The maximum atomic E-state index is 5.62. The summed E-state index contributed by atoms with van der Waals surface area (Å²) in [6.45, 7) is 4.42. The molecule has 1 aromatic carbocycles. The molecule has 0 aliphatic rings. The first-order chi connectivity index (χ1) is 9.40. The summed E-state index contributed by atoms with van der Waals surface area (Å²) in [5.41, 5.74) is 2.43. The van der Waals surface area contributed by atoms with Crippen LogP contribution in [0.15, 0.2) is 48.7 Å². The fraction of sp³-hybridized carbons (Fsp3) is 0.312. The minimum Gasteiger partial charge on any atom is -0.492 e. The quantitative estimate of drug-likeness (QED) is 0.773. The lowest BCUT2D eigenvalue weighted by Gasteiger charge is -2.09. The summed E-state index contributed by atoms with van der Waals surface area (Å²) in [7, 11) is 0. The maximum Gasteiger partial charge on any atom is 0.119 e. The van der Waals surface area contributed by atoms with E-state index < -0.39 is 0 Å². The van der Waals surface area contributed by atoms with E-state index in [0.717, 1.165) is 31.0 Å². The van der Waals surface area contributed by atoms with Crippen LogP contribution < -0.4 is 10.1 Å². The number of hydrogen-bond donors (Lipinski definition) is 1. The normalized spacial score (nSPS) is 10.4. The number of rotatable bonds is 7. The highest BCUT2D eigenvalue weighted by Crippen LogP contribution is 2.08. The Labute approximate surface area is 114 Å². The number of ether oxygens (including phenoxy) is 1. The molecule has 0 aliphatic heterocycles. The fourth-order valence-corrected chi connectivity index (χ4v) is 1.92. The van der Waals surface area contributed by atoms with Gasteiger partial charge < -0.3 is 10.1 Å². The minimum absolute atomic E-state index is 0.665. The Morgan fingerprint density at radius 3 is 2.74 bits per heavy atom. The van der Waals surface area contributed by atoms with Crippen LogP contribution in [0.1, 0.15) is 18.2 Å². The van der Waals surface area contributed by atoms with Crippen LogP contribution in [0, 0.1) is 0 Å². The zero-order chi connectivity index (χ0) is 13.3. The summed E-state index contributed by atoms with van der Waals surface area (Å²) in [5.74, 6) is 0.913. The van der Waals surface area contributed by atoms with Crippen LogP contribution in [0.5, 0.6) is 5.75 Å². The van der Waals surface area contributed by atoms with Gasteiger partial charge in [-0.15, -0.1) is 0 Å². The van der Waals surface area contributed by atoms with Crippen molar-refractivity contribution in [3.05, 3.63) is 59.9 Å². The van der Waals surface area contributed by atoms with Gasteiger partial charge in [0.1, 0.15) is 12.4 Å². The molecule has 0 spiro atoms. The van der Waals surface area contributed by atoms with Gasteiger partial charge in [-0.1, -0.05) is 31.2 Å². The molecule has 0 fully saturated rings. The summed E-state index contributed by atoms with van der Waals surface area (Å²) < 4.78 is 5.62. The number of para-hydroxylation sites is 1. The molecule has 0 aliphatic carbocycles. The lowest BCUT2D eigenvalue weighted by Crippen LogP contribution is -2.21. The second-order valence-corrected chi connectivity index (χ2v) is 4.30. The number of pyridine rings is 1. The molecular formula is C16H20N2O. The van der Waals surface area contributed by atoms with Gasteiger partial charge in [-0.05, 0) is 30.2 Å². The molecule has 1 heterocycles. The molecule has 1 aromatic heterocycles. The molecule has 19 heavy (non-hydrogen) atoms. The maximum absolute atomic E-state index is 5.62. The minimum atomic E-state index is 0.665. The standard InChI is InChI=1S/C16H20N2O/c1-2-14-7-6-10-18-16(14)13-17-11-12-19-15-8-4-3-5-9-15/h3-10,17H,2,11-13H2,1H3. The topological polar surface area (TPSA) is 34.2 Å². The molecule has 0 saturated heterocycles. The molecule has 3 nitrogen and oxygen atoms in total. The fourth-order valence-electron chi connectivity index (χ4n) is 1.92. The Balaban J connectivity index is 1.69. The summed E-state index contributed by atoms with van der Waals surface area (Å²) in [4.78, 5) is 4.40. The van der Waals surface area contributed by atoms with Crippen LogP contribution in [0.25, 0.3) is 0 Å². The second-order valence-electron chi connectivity index (χ2n) is 4.30. The predicted octanol–water partition coefficient (Wildman–Crippen LogP) is 2.81. The number of benzene rings is 1. The van der Waals surface area contributed by atoms with Gasteiger partial charge in [0.15, 0.2) is 0 Å². The van der Waals surface area contributed by atoms with E-state index in [1.807, 2.05) is 42.6 Å². The van der Waals surface area contributed by atoms with Crippen molar-refractivity contribution in [1.29, 1.82) is 0 Å². The zero-order valence-electron chi connectivity index (χ0n) is 11.3. The van der Waals surface area contributed by atoms with Crippen molar-refractivity contribution in [1.82, 2.24) is 10.3 Å². The molecule has 0 amide bonds. The van der Waals surface area contributed by atoms with Crippen molar-refractivity contribution in [3.8, 4) is 5.75 Å². The van der Waals surface area contributed by atoms with Crippen molar-refractivity contribution >= 4 is 0 Å². The third-order valence-electron chi connectivity index (χ3n) is 2.95. The Morgan fingerprint density at radius 2 is 1.95 bits per heavy atom. The molecule has 1 N–H and O–H groups in total. The summed E-state index contributed by atoms with van der Waals surface area (Å²) in [6.07, 6.45) is 2.86. The van der Waals surface area contributed by atoms with Crippen LogP contribution in [-0.2, 0) is 13.0 Å². The van der Waals surface area contributed by atoms with Crippen LogP contribution in [0.2, 0.25) is 0 Å². The van der Waals surface area contributed by atoms with Crippen molar-refractivity contribution in [3.63, 3.8) is 0 Å².